The molecule has 0 bridgehead atoms. The van der Waals surface area contributed by atoms with Gasteiger partial charge in [-0.2, -0.15) is 0 Å². The molecule has 324 valence electrons. The summed E-state index contributed by atoms with van der Waals surface area (Å²) in [5.74, 6) is 2.67. The number of phenols is 2. The van der Waals surface area contributed by atoms with Gasteiger partial charge < -0.3 is 34.9 Å². The number of benzene rings is 5. The summed E-state index contributed by atoms with van der Waals surface area (Å²) in [5, 5.41) is 19.6. The van der Waals surface area contributed by atoms with Crippen LogP contribution in [0.2, 0.25) is 0 Å². The van der Waals surface area contributed by atoms with E-state index in [0.29, 0.717) is 36.0 Å². The lowest BCUT2D eigenvalue weighted by Crippen LogP contribution is -2.24. The van der Waals surface area contributed by atoms with Gasteiger partial charge in [0.25, 0.3) is 0 Å². The van der Waals surface area contributed by atoms with Crippen molar-refractivity contribution in [1.29, 1.82) is 0 Å². The van der Waals surface area contributed by atoms with Gasteiger partial charge in [0, 0.05) is 22.0 Å². The molecule has 2 aliphatic heterocycles. The van der Waals surface area contributed by atoms with Crippen LogP contribution in [0.1, 0.15) is 80.4 Å². The highest BCUT2D eigenvalue weighted by atomic mass is 31.0. The number of hydrogen-bond donors (Lipinski definition) is 3. The fourth-order valence-electron chi connectivity index (χ4n) is 8.11. The van der Waals surface area contributed by atoms with Crippen molar-refractivity contribution in [3.05, 3.63) is 144 Å². The number of rotatable bonds is 6. The van der Waals surface area contributed by atoms with Gasteiger partial charge >= 0.3 is 0 Å². The van der Waals surface area contributed by atoms with Gasteiger partial charge in [-0.05, 0) is 66.4 Å². The molecule has 0 aromatic heterocycles. The molecule has 0 radical (unpaired) electrons. The van der Waals surface area contributed by atoms with Crippen molar-refractivity contribution in [2.45, 2.75) is 69.2 Å². The van der Waals surface area contributed by atoms with Gasteiger partial charge in [0.15, 0.2) is 5.69 Å². The molecule has 61 heavy (non-hydrogen) atoms. The second-order valence-electron chi connectivity index (χ2n) is 18.4. The van der Waals surface area contributed by atoms with Crippen molar-refractivity contribution in [1.82, 2.24) is 0 Å². The third-order valence-corrected chi connectivity index (χ3v) is 10.5. The summed E-state index contributed by atoms with van der Waals surface area (Å²) in [6.07, 6.45) is 0. The molecule has 5 aromatic carbocycles. The van der Waals surface area contributed by atoms with Gasteiger partial charge in [-0.1, -0.05) is 166 Å². The minimum absolute atomic E-state index is 0.00776. The highest BCUT2D eigenvalue weighted by Gasteiger charge is 2.42. The minimum Gasteiger partial charge on any atom is -0.506 e. The van der Waals surface area contributed by atoms with Gasteiger partial charge in [0.05, 0.1) is 27.4 Å². The first kappa shape index (κ1) is 48.0. The molecule has 0 spiro atoms. The lowest BCUT2D eigenvalue weighted by atomic mass is 9.71. The van der Waals surface area contributed by atoms with E-state index < -0.39 is 0 Å². The third kappa shape index (κ3) is 12.2. The van der Waals surface area contributed by atoms with Gasteiger partial charge in [-0.3, -0.25) is 0 Å². The van der Waals surface area contributed by atoms with Gasteiger partial charge in [0.2, 0.25) is 0 Å². The number of nitrogens with two attached hydrogens (primary N) is 1. The Kier molecular flexibility index (Phi) is 15.9. The number of nitrogens with zero attached hydrogens (tertiary/aromatic N) is 1. The maximum atomic E-state index is 9.80. The van der Waals surface area contributed by atoms with Crippen LogP contribution in [0.15, 0.2) is 137 Å². The number of hydrogen-bond acceptors (Lipinski definition) is 8. The van der Waals surface area contributed by atoms with Crippen LogP contribution in [0, 0.1) is 21.7 Å². The average Bonchev–Trinajstić information content (AvgIpc) is 3.75. The molecule has 4 N–H and O–H groups in total. The van der Waals surface area contributed by atoms with Crippen molar-refractivity contribution in [2.75, 3.05) is 33.2 Å². The summed E-state index contributed by atoms with van der Waals surface area (Å²) in [6, 6.07) is 39.8. The fourth-order valence-corrected chi connectivity index (χ4v) is 8.33. The van der Waals surface area contributed by atoms with Crippen LogP contribution in [0.3, 0.4) is 0 Å². The Morgan fingerprint density at radius 3 is 1.16 bits per heavy atom. The Hall–Kier alpha value is -5.72. The molecule has 9 heteroatoms. The molecule has 0 saturated carbocycles. The average molecular weight is 845 g/mol. The predicted octanol–water partition coefficient (Wildman–Crippen LogP) is 14.0. The van der Waals surface area contributed by atoms with Crippen LogP contribution in [0.5, 0.6) is 23.0 Å². The van der Waals surface area contributed by atoms with Crippen molar-refractivity contribution in [2.24, 2.45) is 26.4 Å². The molecule has 0 fully saturated rings. The Morgan fingerprint density at radius 1 is 0.557 bits per heavy atom. The van der Waals surface area contributed by atoms with E-state index in [4.69, 9.17) is 24.7 Å². The molecule has 0 unspecified atom stereocenters. The normalized spacial score (nSPS) is 15.1. The molecule has 0 aliphatic carbocycles. The largest absolute Gasteiger partial charge is 0.506 e. The number of nitrogen functional groups attached to an aromatic ring is 1. The molecule has 0 saturated heterocycles. The first-order valence-electron chi connectivity index (χ1n) is 20.5. The van der Waals surface area contributed by atoms with E-state index in [2.05, 4.69) is 132 Å². The SMILES string of the molecule is CC(C)(C)C1=C(c2cc(O)c(N)c(O)c2)OCC1(C)C.COc1cc(C2=C(C(C)(C)C)C(C)(C)CO2)cc(OC)c1N=P.c1ccc(-c2ccccc2)cc1.c1ccccc1. The Bertz CT molecular complexity index is 2180. The third-order valence-electron chi connectivity index (χ3n) is 10.3. The van der Waals surface area contributed by atoms with Crippen LogP contribution in [-0.2, 0) is 9.47 Å². The van der Waals surface area contributed by atoms with E-state index >= 15 is 0 Å². The summed E-state index contributed by atoms with van der Waals surface area (Å²) < 4.78 is 27.0. The second kappa shape index (κ2) is 20.2. The lowest BCUT2D eigenvalue weighted by molar-refractivity contribution is 0.213. The topological polar surface area (TPSA) is 116 Å². The molecule has 2 aliphatic rings. The van der Waals surface area contributed by atoms with E-state index in [0.717, 1.165) is 17.1 Å². The van der Waals surface area contributed by atoms with Gasteiger partial charge in [-0.25, -0.2) is 4.74 Å². The summed E-state index contributed by atoms with van der Waals surface area (Å²) in [4.78, 5) is 0. The van der Waals surface area contributed by atoms with Gasteiger partial charge in [-0.15, -0.1) is 0 Å². The molecular weight excluding hydrogens is 780 g/mol. The summed E-state index contributed by atoms with van der Waals surface area (Å²) in [6.45, 7) is 23.0. The smallest absolute Gasteiger partial charge is 0.151 e. The first-order valence-corrected chi connectivity index (χ1v) is 20.9. The van der Waals surface area contributed by atoms with E-state index in [9.17, 15) is 10.2 Å². The number of aromatic hydroxyl groups is 2. The van der Waals surface area contributed by atoms with Crippen LogP contribution < -0.4 is 15.2 Å². The molecule has 0 amide bonds. The summed E-state index contributed by atoms with van der Waals surface area (Å²) in [5.41, 5.74) is 12.7. The number of ether oxygens (including phenoxy) is 4. The van der Waals surface area contributed by atoms with Crippen LogP contribution in [0.4, 0.5) is 11.4 Å². The molecular formula is C52H65N2O6P. The van der Waals surface area contributed by atoms with Crippen molar-refractivity contribution >= 4 is 31.9 Å². The number of phenolic OH excluding ortho intramolecular Hbond substituents is 2. The monoisotopic (exact) mass is 844 g/mol. The van der Waals surface area contributed by atoms with E-state index in [1.807, 2.05) is 60.7 Å². The zero-order chi connectivity index (χ0) is 45.2. The second-order valence-corrected chi connectivity index (χ2v) is 18.6. The lowest BCUT2D eigenvalue weighted by Gasteiger charge is -2.31. The quantitative estimate of drug-likeness (QED) is 0.0885. The number of methoxy groups -OCH3 is 2. The molecule has 5 aromatic rings. The predicted molar refractivity (Wildman–Crippen MR) is 255 cm³/mol. The maximum absolute atomic E-state index is 9.80. The molecule has 0 atom stereocenters. The van der Waals surface area contributed by atoms with E-state index in [-0.39, 0.29) is 38.8 Å². The van der Waals surface area contributed by atoms with E-state index in [1.54, 1.807) is 14.2 Å². The van der Waals surface area contributed by atoms with Crippen molar-refractivity contribution < 1.29 is 29.2 Å². The van der Waals surface area contributed by atoms with Crippen molar-refractivity contribution in [3.8, 4) is 34.1 Å². The van der Waals surface area contributed by atoms with Crippen LogP contribution in [-0.4, -0.2) is 37.6 Å². The molecule has 7 rings (SSSR count). The van der Waals surface area contributed by atoms with Crippen molar-refractivity contribution in [3.63, 3.8) is 0 Å². The molecule has 8 nitrogen and oxygen atoms in total. The maximum Gasteiger partial charge on any atom is 0.151 e. The Morgan fingerprint density at radius 2 is 0.869 bits per heavy atom. The Balaban J connectivity index is 0.000000194. The fraction of sp³-hybridized carbons (Fsp3) is 0.346. The Labute approximate surface area is 366 Å². The minimum atomic E-state index is -0.130. The summed E-state index contributed by atoms with van der Waals surface area (Å²) >= 11 is 0. The zero-order valence-corrected chi connectivity index (χ0v) is 39.0. The zero-order valence-electron chi connectivity index (χ0n) is 38.0. The highest BCUT2D eigenvalue weighted by molar-refractivity contribution is 7.04. The van der Waals surface area contributed by atoms with Crippen LogP contribution >= 0.6 is 9.03 Å². The van der Waals surface area contributed by atoms with Gasteiger partial charge in [0.1, 0.15) is 40.2 Å². The van der Waals surface area contributed by atoms with Crippen LogP contribution in [0.25, 0.3) is 22.6 Å². The first-order chi connectivity index (χ1) is 28.7. The summed E-state index contributed by atoms with van der Waals surface area (Å²) in [7, 11) is 6.43. The molecule has 2 heterocycles. The number of anilines is 1. The highest BCUT2D eigenvalue weighted by Crippen LogP contribution is 2.52. The van der Waals surface area contributed by atoms with E-state index in [1.165, 1.54) is 34.4 Å². The standard InChI is InChI=1S/C18H26NO3P.C16H23NO3.C12H10.C6H6/c1-17(2,3)16-15(22-10-18(16,4)5)11-8-12(20-6)14(19-23)13(9-11)21-7;1-15(2,3)14-13(20-8-16(14,4)5)9-6-10(18)12(17)11(19)7-9;1-3-7-11(8-4-1)12-9-5-2-6-10-12;1-2-4-6-5-3-1/h8-9,23H,10H2,1-7H3;6-7,18-19H,8,17H2,1-5H3;1-10H;1-6H.